The van der Waals surface area contributed by atoms with Crippen LogP contribution in [0.1, 0.15) is 31.8 Å². The van der Waals surface area contributed by atoms with Gasteiger partial charge in [0.2, 0.25) is 0 Å². The largest absolute Gasteiger partial charge is 0.493 e. The first-order valence-corrected chi connectivity index (χ1v) is 11.9. The van der Waals surface area contributed by atoms with Crippen molar-refractivity contribution in [2.75, 3.05) is 24.9 Å². The average Bonchev–Trinajstić information content (AvgIpc) is 2.96. The lowest BCUT2D eigenvalue weighted by molar-refractivity contribution is 0.101. The van der Waals surface area contributed by atoms with Gasteiger partial charge in [-0.05, 0) is 65.7 Å². The predicted octanol–water partition coefficient (Wildman–Crippen LogP) is 5.25. The molecule has 0 unspecified atom stereocenters. The van der Waals surface area contributed by atoms with E-state index in [2.05, 4.69) is 10.6 Å². The minimum Gasteiger partial charge on any atom is -0.493 e. The Morgan fingerprint density at radius 1 is 0.737 bits per heavy atom. The quantitative estimate of drug-likeness (QED) is 0.268. The van der Waals surface area contributed by atoms with E-state index in [1.165, 1.54) is 14.2 Å². The van der Waals surface area contributed by atoms with Gasteiger partial charge in [0.05, 0.1) is 14.2 Å². The number of nitrogens with one attached hydrogen (secondary N) is 2. The zero-order valence-electron chi connectivity index (χ0n) is 21.2. The van der Waals surface area contributed by atoms with E-state index in [1.807, 2.05) is 30.3 Å². The molecule has 0 bridgehead atoms. The van der Waals surface area contributed by atoms with Gasteiger partial charge in [-0.2, -0.15) is 0 Å². The molecule has 4 N–H and O–H groups in total. The molecule has 0 aliphatic carbocycles. The maximum atomic E-state index is 12.9. The van der Waals surface area contributed by atoms with Gasteiger partial charge in [0, 0.05) is 29.0 Å². The average molecular weight is 512 g/mol. The van der Waals surface area contributed by atoms with Gasteiger partial charge >= 0.3 is 0 Å². The first kappa shape index (κ1) is 26.2. The highest BCUT2D eigenvalue weighted by atomic mass is 16.5. The number of ether oxygens (including phenoxy) is 3. The third kappa shape index (κ3) is 6.48. The number of rotatable bonds is 10. The van der Waals surface area contributed by atoms with Crippen molar-refractivity contribution >= 4 is 23.2 Å². The fraction of sp³-hybridized carbons (Fsp3) is 0.133. The lowest BCUT2D eigenvalue weighted by Crippen LogP contribution is -2.16. The molecular formula is C30H29N3O5. The summed E-state index contributed by atoms with van der Waals surface area (Å²) in [7, 11) is 3.03. The van der Waals surface area contributed by atoms with Crippen molar-refractivity contribution in [3.63, 3.8) is 0 Å². The van der Waals surface area contributed by atoms with Crippen molar-refractivity contribution in [2.24, 2.45) is 5.73 Å². The van der Waals surface area contributed by atoms with E-state index in [1.54, 1.807) is 60.7 Å². The molecular weight excluding hydrogens is 482 g/mol. The molecule has 8 nitrogen and oxygen atoms in total. The Morgan fingerprint density at radius 2 is 1.42 bits per heavy atom. The second-order valence-electron chi connectivity index (χ2n) is 8.35. The second kappa shape index (κ2) is 12.4. The van der Waals surface area contributed by atoms with Gasteiger partial charge in [0.25, 0.3) is 11.8 Å². The zero-order chi connectivity index (χ0) is 26.9. The highest BCUT2D eigenvalue weighted by molar-refractivity contribution is 6.07. The summed E-state index contributed by atoms with van der Waals surface area (Å²) < 4.78 is 16.3. The van der Waals surface area contributed by atoms with E-state index in [4.69, 9.17) is 19.9 Å². The lowest BCUT2D eigenvalue weighted by Gasteiger charge is -2.14. The standard InChI is InChI=1S/C30H29N3O5/c1-36-27-15-11-22(16-28(27)37-2)30(35)33-26-17-24(12-8-23(26)18-31)32-29(34)21-9-13-25(14-10-21)38-19-20-6-4-3-5-7-20/h3-17H,18-19,31H2,1-2H3,(H,32,34)(H,33,35). The summed E-state index contributed by atoms with van der Waals surface area (Å²) in [6, 6.07) is 26.8. The minimum absolute atomic E-state index is 0.209. The monoisotopic (exact) mass is 511 g/mol. The van der Waals surface area contributed by atoms with Crippen LogP contribution < -0.4 is 30.6 Å². The minimum atomic E-state index is -0.352. The second-order valence-corrected chi connectivity index (χ2v) is 8.35. The first-order chi connectivity index (χ1) is 18.5. The van der Waals surface area contributed by atoms with Crippen LogP contribution in [0.25, 0.3) is 0 Å². The van der Waals surface area contributed by atoms with E-state index >= 15 is 0 Å². The van der Waals surface area contributed by atoms with E-state index in [0.29, 0.717) is 46.4 Å². The number of carbonyl (C=O) groups excluding carboxylic acids is 2. The maximum Gasteiger partial charge on any atom is 0.255 e. The molecule has 38 heavy (non-hydrogen) atoms. The Kier molecular flexibility index (Phi) is 8.58. The van der Waals surface area contributed by atoms with Crippen LogP contribution in [-0.4, -0.2) is 26.0 Å². The van der Waals surface area contributed by atoms with Gasteiger partial charge in [0.15, 0.2) is 11.5 Å². The molecule has 194 valence electrons. The molecule has 0 aromatic heterocycles. The molecule has 8 heteroatoms. The molecule has 0 fully saturated rings. The van der Waals surface area contributed by atoms with Crippen LogP contribution in [0.3, 0.4) is 0 Å². The summed E-state index contributed by atoms with van der Waals surface area (Å²) in [5, 5.41) is 5.74. The summed E-state index contributed by atoms with van der Waals surface area (Å²) in [6.45, 7) is 0.651. The third-order valence-corrected chi connectivity index (χ3v) is 5.85. The fourth-order valence-corrected chi connectivity index (χ4v) is 3.77. The topological polar surface area (TPSA) is 112 Å². The Labute approximate surface area is 221 Å². The number of amides is 2. The third-order valence-electron chi connectivity index (χ3n) is 5.85. The molecule has 0 radical (unpaired) electrons. The van der Waals surface area contributed by atoms with Gasteiger partial charge in [-0.15, -0.1) is 0 Å². The first-order valence-electron chi connectivity index (χ1n) is 11.9. The Bertz CT molecular complexity index is 1410. The maximum absolute atomic E-state index is 12.9. The normalized spacial score (nSPS) is 10.4. The molecule has 4 rings (SSSR count). The van der Waals surface area contributed by atoms with Crippen LogP contribution in [0.2, 0.25) is 0 Å². The summed E-state index contributed by atoms with van der Waals surface area (Å²) in [5.41, 5.74) is 9.52. The molecule has 0 spiro atoms. The van der Waals surface area contributed by atoms with Crippen molar-refractivity contribution in [1.82, 2.24) is 0 Å². The number of nitrogens with two attached hydrogens (primary N) is 1. The Morgan fingerprint density at radius 3 is 2.11 bits per heavy atom. The predicted molar refractivity (Wildman–Crippen MR) is 147 cm³/mol. The van der Waals surface area contributed by atoms with Crippen LogP contribution in [0, 0.1) is 0 Å². The summed E-state index contributed by atoms with van der Waals surface area (Å²) >= 11 is 0. The van der Waals surface area contributed by atoms with Crippen LogP contribution in [0.15, 0.2) is 91.0 Å². The zero-order valence-corrected chi connectivity index (χ0v) is 21.2. The molecule has 0 aliphatic rings. The molecule has 0 aliphatic heterocycles. The highest BCUT2D eigenvalue weighted by Crippen LogP contribution is 2.29. The van der Waals surface area contributed by atoms with Gasteiger partial charge in [-0.25, -0.2) is 0 Å². The SMILES string of the molecule is COc1ccc(C(=O)Nc2cc(NC(=O)c3ccc(OCc4ccccc4)cc3)ccc2CN)cc1OC. The van der Waals surface area contributed by atoms with E-state index in [9.17, 15) is 9.59 Å². The molecule has 0 heterocycles. The lowest BCUT2D eigenvalue weighted by atomic mass is 10.1. The number of hydrogen-bond donors (Lipinski definition) is 3. The Hall–Kier alpha value is -4.82. The van der Waals surface area contributed by atoms with E-state index in [0.717, 1.165) is 11.1 Å². The van der Waals surface area contributed by atoms with E-state index in [-0.39, 0.29) is 18.4 Å². The fourth-order valence-electron chi connectivity index (χ4n) is 3.77. The summed E-state index contributed by atoms with van der Waals surface area (Å²) in [4.78, 5) is 25.8. The van der Waals surface area contributed by atoms with Gasteiger partial charge in [0.1, 0.15) is 12.4 Å². The molecule has 0 saturated heterocycles. The molecule has 0 atom stereocenters. The number of anilines is 2. The van der Waals surface area contributed by atoms with Gasteiger partial charge < -0.3 is 30.6 Å². The van der Waals surface area contributed by atoms with Crippen LogP contribution in [0.5, 0.6) is 17.2 Å². The van der Waals surface area contributed by atoms with E-state index < -0.39 is 0 Å². The molecule has 4 aromatic rings. The number of benzene rings is 4. The van der Waals surface area contributed by atoms with Crippen molar-refractivity contribution in [2.45, 2.75) is 13.2 Å². The summed E-state index contributed by atoms with van der Waals surface area (Å²) in [6.07, 6.45) is 0. The number of hydrogen-bond acceptors (Lipinski definition) is 6. The molecule has 2 amide bonds. The van der Waals surface area contributed by atoms with Crippen molar-refractivity contribution in [3.8, 4) is 17.2 Å². The summed E-state index contributed by atoms with van der Waals surface area (Å²) in [5.74, 6) is 0.981. The Balaban J connectivity index is 1.43. The highest BCUT2D eigenvalue weighted by Gasteiger charge is 2.14. The van der Waals surface area contributed by atoms with Crippen molar-refractivity contribution in [3.05, 3.63) is 113 Å². The molecule has 4 aromatic carbocycles. The number of methoxy groups -OCH3 is 2. The van der Waals surface area contributed by atoms with Gasteiger partial charge in [-0.1, -0.05) is 36.4 Å². The smallest absolute Gasteiger partial charge is 0.255 e. The van der Waals surface area contributed by atoms with Crippen LogP contribution in [-0.2, 0) is 13.2 Å². The van der Waals surface area contributed by atoms with Crippen LogP contribution in [0.4, 0.5) is 11.4 Å². The van der Waals surface area contributed by atoms with Crippen molar-refractivity contribution in [1.29, 1.82) is 0 Å². The number of carbonyl (C=O) groups is 2. The van der Waals surface area contributed by atoms with Gasteiger partial charge in [-0.3, -0.25) is 9.59 Å². The molecule has 0 saturated carbocycles. The van der Waals surface area contributed by atoms with Crippen LogP contribution >= 0.6 is 0 Å². The van der Waals surface area contributed by atoms with Crippen molar-refractivity contribution < 1.29 is 23.8 Å².